The third-order valence-corrected chi connectivity index (χ3v) is 12.1. The third kappa shape index (κ3) is 8.31. The van der Waals surface area contributed by atoms with Gasteiger partial charge in [0, 0.05) is 36.7 Å². The first-order valence-electron chi connectivity index (χ1n) is 17.4. The van der Waals surface area contributed by atoms with Gasteiger partial charge >= 0.3 is 11.9 Å². The zero-order valence-corrected chi connectivity index (χ0v) is 31.8. The van der Waals surface area contributed by atoms with Gasteiger partial charge in [-0.2, -0.15) is 0 Å². The Morgan fingerprint density at radius 1 is 1.08 bits per heavy atom. The summed E-state index contributed by atoms with van der Waals surface area (Å²) in [6.07, 6.45) is 8.51. The molecule has 0 radical (unpaired) electrons. The maximum absolute atomic E-state index is 13.9. The van der Waals surface area contributed by atoms with Gasteiger partial charge in [0.2, 0.25) is 0 Å². The number of ether oxygens (including phenoxy) is 4. The number of hydrogen-bond donors (Lipinski definition) is 1. The number of hydrogen-bond acceptors (Lipinski definition) is 10. The van der Waals surface area contributed by atoms with Crippen LogP contribution in [0.4, 0.5) is 0 Å². The van der Waals surface area contributed by atoms with Crippen molar-refractivity contribution in [2.45, 2.75) is 63.6 Å². The summed E-state index contributed by atoms with van der Waals surface area (Å²) >= 11 is 14.4. The van der Waals surface area contributed by atoms with E-state index in [2.05, 4.69) is 35.2 Å². The number of pyridine rings is 1. The highest BCUT2D eigenvalue weighted by atomic mass is 35.5. The Kier molecular flexibility index (Phi) is 12.1. The van der Waals surface area contributed by atoms with Crippen molar-refractivity contribution in [1.82, 2.24) is 15.2 Å². The third-order valence-electron chi connectivity index (χ3n) is 10.4. The van der Waals surface area contributed by atoms with Gasteiger partial charge in [-0.15, -0.1) is 11.3 Å². The summed E-state index contributed by atoms with van der Waals surface area (Å²) in [7, 11) is 5.32. The Labute approximate surface area is 313 Å². The van der Waals surface area contributed by atoms with Crippen molar-refractivity contribution in [1.29, 1.82) is 0 Å². The van der Waals surface area contributed by atoms with Crippen LogP contribution in [-0.4, -0.2) is 68.9 Å². The van der Waals surface area contributed by atoms with E-state index in [9.17, 15) is 9.59 Å². The van der Waals surface area contributed by atoms with E-state index in [-0.39, 0.29) is 18.3 Å². The van der Waals surface area contributed by atoms with Crippen LogP contribution < -0.4 is 5.32 Å². The summed E-state index contributed by atoms with van der Waals surface area (Å²) < 4.78 is 23.5. The molecule has 3 aromatic rings. The van der Waals surface area contributed by atoms with Crippen LogP contribution in [0, 0.1) is 11.8 Å². The molecule has 3 heterocycles. The van der Waals surface area contributed by atoms with Gasteiger partial charge in [0.15, 0.2) is 5.76 Å². The highest BCUT2D eigenvalue weighted by Gasteiger charge is 2.46. The molecule has 1 aromatic carbocycles. The van der Waals surface area contributed by atoms with Crippen LogP contribution in [0.5, 0.6) is 0 Å². The average molecular weight is 755 g/mol. The largest absolute Gasteiger partial charge is 0.497 e. The highest BCUT2D eigenvalue weighted by Crippen LogP contribution is 2.40. The molecule has 2 aromatic heterocycles. The van der Waals surface area contributed by atoms with E-state index in [0.717, 1.165) is 59.7 Å². The summed E-state index contributed by atoms with van der Waals surface area (Å²) in [5, 5.41) is 4.37. The minimum Gasteiger partial charge on any atom is -0.497 e. The maximum atomic E-state index is 13.9. The lowest BCUT2D eigenvalue weighted by Crippen LogP contribution is -2.48. The van der Waals surface area contributed by atoms with Crippen molar-refractivity contribution in [2.75, 3.05) is 41.0 Å². The second-order valence-corrected chi connectivity index (χ2v) is 15.6. The van der Waals surface area contributed by atoms with Crippen LogP contribution in [0.1, 0.15) is 63.8 Å². The van der Waals surface area contributed by atoms with Crippen molar-refractivity contribution < 1.29 is 28.5 Å². The fourth-order valence-corrected chi connectivity index (χ4v) is 8.67. The number of nitrogens with one attached hydrogen (secondary N) is 1. The number of fused-ring (bicyclic) bond motifs is 1. The lowest BCUT2D eigenvalue weighted by atomic mass is 9.85. The van der Waals surface area contributed by atoms with Crippen molar-refractivity contribution in [3.05, 3.63) is 108 Å². The Hall–Kier alpha value is -3.41. The number of aryl methyl sites for hydroxylation is 1. The van der Waals surface area contributed by atoms with Crippen molar-refractivity contribution in [3.8, 4) is 0 Å². The fourth-order valence-electron chi connectivity index (χ4n) is 7.32. The first-order chi connectivity index (χ1) is 24.6. The molecule has 6 rings (SSSR count). The first-order valence-corrected chi connectivity index (χ1v) is 19.0. The summed E-state index contributed by atoms with van der Waals surface area (Å²) in [6.45, 7) is 4.89. The molecule has 3 aliphatic rings. The predicted molar refractivity (Wildman–Crippen MR) is 199 cm³/mol. The second kappa shape index (κ2) is 16.5. The summed E-state index contributed by atoms with van der Waals surface area (Å²) in [6, 6.07) is 11.7. The number of aromatic nitrogens is 1. The van der Waals surface area contributed by atoms with E-state index in [1.807, 2.05) is 30.3 Å². The molecule has 272 valence electrons. The van der Waals surface area contributed by atoms with Gasteiger partial charge in [-0.25, -0.2) is 9.59 Å². The standard InChI is InChI=1S/C39H45Cl2N3O6S/c1-24-17-34(47-3)35(48-4)18-28(24)33(19-29-31(40)21-42-22-32(29)41)50-37(45)36-10-9-27(51-36)20-43-39(14-11-26-7-5-6-8-30(26)39)38(46)49-23-25-12-15-44(2)16-13-25/h5-10,18,21-22,24-25,33,43H,11-17,19-20,23H2,1-4H3/t24?,33-,39?/m0/s1. The number of likely N-dealkylation sites (tertiary alicyclic amines) is 1. The number of methoxy groups -OCH3 is 2. The Morgan fingerprint density at radius 2 is 1.82 bits per heavy atom. The number of halogens is 2. The van der Waals surface area contributed by atoms with E-state index < -0.39 is 17.6 Å². The SMILES string of the molecule is COC1=C(OC)CC(C)C([C@H](Cc2c(Cl)cncc2Cl)OC(=O)c2ccc(CNC3(C(=O)OCC4CCN(C)CC4)CCc4ccccc43)s2)=C1. The molecule has 0 saturated carbocycles. The van der Waals surface area contributed by atoms with E-state index in [0.29, 0.717) is 58.2 Å². The molecule has 1 saturated heterocycles. The van der Waals surface area contributed by atoms with Gasteiger partial charge in [-0.3, -0.25) is 10.3 Å². The molecule has 51 heavy (non-hydrogen) atoms. The van der Waals surface area contributed by atoms with Crippen LogP contribution in [0.3, 0.4) is 0 Å². The van der Waals surface area contributed by atoms with Gasteiger partial charge in [-0.05, 0) is 98.1 Å². The minimum absolute atomic E-state index is 0.0104. The van der Waals surface area contributed by atoms with Crippen LogP contribution in [0.15, 0.2) is 72.0 Å². The topological polar surface area (TPSA) is 99.2 Å². The molecule has 12 heteroatoms. The van der Waals surface area contributed by atoms with Gasteiger partial charge in [0.05, 0.1) is 30.9 Å². The van der Waals surface area contributed by atoms with Crippen molar-refractivity contribution in [3.63, 3.8) is 0 Å². The Balaban J connectivity index is 1.19. The quantitative estimate of drug-likeness (QED) is 0.178. The second-order valence-electron chi connectivity index (χ2n) is 13.7. The number of piperidine rings is 1. The number of benzene rings is 1. The van der Waals surface area contributed by atoms with Gasteiger partial charge in [0.1, 0.15) is 22.3 Å². The van der Waals surface area contributed by atoms with Crippen LogP contribution >= 0.6 is 34.5 Å². The Morgan fingerprint density at radius 3 is 2.55 bits per heavy atom. The van der Waals surface area contributed by atoms with Crippen LogP contribution in [-0.2, 0) is 48.7 Å². The number of esters is 2. The van der Waals surface area contributed by atoms with Crippen LogP contribution in [0.2, 0.25) is 10.0 Å². The van der Waals surface area contributed by atoms with E-state index in [4.69, 9.17) is 42.1 Å². The molecule has 2 unspecified atom stereocenters. The first kappa shape index (κ1) is 37.4. The average Bonchev–Trinajstić information content (AvgIpc) is 3.77. The molecule has 0 bridgehead atoms. The Bertz CT molecular complexity index is 1780. The molecule has 1 fully saturated rings. The van der Waals surface area contributed by atoms with Gasteiger partial charge in [0.25, 0.3) is 0 Å². The number of rotatable bonds is 13. The molecule has 1 aliphatic heterocycles. The fraction of sp³-hybridized carbons (Fsp3) is 0.462. The zero-order chi connectivity index (χ0) is 36.1. The molecule has 9 nitrogen and oxygen atoms in total. The number of carbonyl (C=O) groups excluding carboxylic acids is 2. The molecule has 1 N–H and O–H groups in total. The summed E-state index contributed by atoms with van der Waals surface area (Å²) in [4.78, 5) is 35.5. The normalized spacial score (nSPS) is 21.5. The number of nitrogens with zero attached hydrogens (tertiary/aromatic N) is 2. The molecule has 2 aliphatic carbocycles. The number of carbonyl (C=O) groups is 2. The van der Waals surface area contributed by atoms with Crippen LogP contribution in [0.25, 0.3) is 0 Å². The molecule has 0 spiro atoms. The van der Waals surface area contributed by atoms with E-state index in [1.165, 1.54) is 23.7 Å². The van der Waals surface area contributed by atoms with E-state index in [1.54, 1.807) is 20.3 Å². The maximum Gasteiger partial charge on any atom is 0.348 e. The van der Waals surface area contributed by atoms with E-state index >= 15 is 0 Å². The monoisotopic (exact) mass is 753 g/mol. The van der Waals surface area contributed by atoms with Gasteiger partial charge in [-0.1, -0.05) is 54.4 Å². The molecular formula is C39H45Cl2N3O6S. The number of thiophene rings is 1. The number of allylic oxidation sites excluding steroid dienone is 2. The predicted octanol–water partition coefficient (Wildman–Crippen LogP) is 7.50. The van der Waals surface area contributed by atoms with Crippen molar-refractivity contribution in [2.24, 2.45) is 11.8 Å². The zero-order valence-electron chi connectivity index (χ0n) is 29.5. The highest BCUT2D eigenvalue weighted by molar-refractivity contribution is 7.13. The summed E-state index contributed by atoms with van der Waals surface area (Å²) in [5.41, 5.74) is 2.65. The lowest BCUT2D eigenvalue weighted by Gasteiger charge is -2.32. The molecule has 3 atom stereocenters. The minimum atomic E-state index is -0.960. The molecule has 0 amide bonds. The molecular weight excluding hydrogens is 709 g/mol. The summed E-state index contributed by atoms with van der Waals surface area (Å²) in [5.74, 6) is 0.951. The smallest absolute Gasteiger partial charge is 0.348 e. The lowest BCUT2D eigenvalue weighted by molar-refractivity contribution is -0.154. The van der Waals surface area contributed by atoms with Crippen molar-refractivity contribution >= 4 is 46.5 Å². The van der Waals surface area contributed by atoms with Gasteiger partial charge < -0.3 is 23.8 Å².